The van der Waals surface area contributed by atoms with Gasteiger partial charge in [-0.3, -0.25) is 14.9 Å². The molecule has 0 fully saturated rings. The number of ether oxygens (including phenoxy) is 1. The molecule has 0 saturated carbocycles. The monoisotopic (exact) mass is 195 g/mol. The van der Waals surface area contributed by atoms with E-state index in [0.29, 0.717) is 0 Å². The van der Waals surface area contributed by atoms with Crippen LogP contribution in [0, 0.1) is 10.1 Å². The number of nitro groups is 1. The Balaban J connectivity index is 2.99. The first-order chi connectivity index (χ1) is 6.65. The second-order valence-corrected chi connectivity index (χ2v) is 2.31. The lowest BCUT2D eigenvalue weighted by atomic mass is 10.2. The number of benzene rings is 1. The number of hydrogen-bond donors (Lipinski definition) is 0. The molecule has 0 aliphatic heterocycles. The van der Waals surface area contributed by atoms with Gasteiger partial charge in [-0.2, -0.15) is 0 Å². The van der Waals surface area contributed by atoms with Gasteiger partial charge in [0, 0.05) is 12.1 Å². The molecular formula is C8H5NO5. The molecule has 0 atom stereocenters. The van der Waals surface area contributed by atoms with E-state index < -0.39 is 10.9 Å². The van der Waals surface area contributed by atoms with Gasteiger partial charge in [-0.25, -0.2) is 4.79 Å². The highest BCUT2D eigenvalue weighted by atomic mass is 16.6. The molecule has 6 heteroatoms. The normalized spacial score (nSPS) is 9.14. The highest BCUT2D eigenvalue weighted by molar-refractivity contribution is 5.93. The molecule has 0 aliphatic carbocycles. The molecule has 0 amide bonds. The quantitative estimate of drug-likeness (QED) is 0.235. The Morgan fingerprint density at radius 3 is 2.79 bits per heavy atom. The van der Waals surface area contributed by atoms with E-state index in [1.807, 2.05) is 0 Å². The topological polar surface area (TPSA) is 86.5 Å². The fraction of sp³-hybridized carbons (Fsp3) is 0. The second-order valence-electron chi connectivity index (χ2n) is 2.31. The first-order valence-corrected chi connectivity index (χ1v) is 3.54. The summed E-state index contributed by atoms with van der Waals surface area (Å²) in [5.74, 6) is -0.913. The molecule has 0 bridgehead atoms. The average Bonchev–Trinajstić information content (AvgIpc) is 2.18. The Kier molecular flexibility index (Phi) is 2.90. The van der Waals surface area contributed by atoms with Gasteiger partial charge in [-0.05, 0) is 6.07 Å². The Bertz CT molecular complexity index is 387. The van der Waals surface area contributed by atoms with E-state index in [-0.39, 0.29) is 17.7 Å². The largest absolute Gasteiger partial charge is 0.392 e. The number of non-ortho nitro benzene ring substituents is 1. The number of esters is 1. The molecule has 14 heavy (non-hydrogen) atoms. The van der Waals surface area contributed by atoms with Crippen molar-refractivity contribution in [3.63, 3.8) is 0 Å². The predicted octanol–water partition coefficient (Wildman–Crippen LogP) is 0.908. The van der Waals surface area contributed by atoms with Gasteiger partial charge in [0.2, 0.25) is 0 Å². The summed E-state index contributed by atoms with van der Waals surface area (Å²) in [7, 11) is 0. The van der Waals surface area contributed by atoms with Crippen LogP contribution in [0.25, 0.3) is 0 Å². The number of carbonyl (C=O) groups is 2. The van der Waals surface area contributed by atoms with Crippen LogP contribution in [-0.4, -0.2) is 17.4 Å². The standard InChI is InChI=1S/C8H5NO5/c10-5-14-8(11)6-2-1-3-7(4-6)9(12)13/h1-5H. The minimum Gasteiger partial charge on any atom is -0.392 e. The molecule has 0 N–H and O–H groups in total. The first kappa shape index (κ1) is 9.85. The van der Waals surface area contributed by atoms with Crippen molar-refractivity contribution < 1.29 is 19.2 Å². The van der Waals surface area contributed by atoms with Crippen molar-refractivity contribution >= 4 is 18.1 Å². The van der Waals surface area contributed by atoms with Crippen LogP contribution in [0.4, 0.5) is 5.69 Å². The third-order valence-electron chi connectivity index (χ3n) is 1.45. The number of nitrogens with zero attached hydrogens (tertiary/aromatic N) is 1. The highest BCUT2D eigenvalue weighted by Crippen LogP contribution is 2.13. The third-order valence-corrected chi connectivity index (χ3v) is 1.45. The van der Waals surface area contributed by atoms with E-state index in [4.69, 9.17) is 0 Å². The van der Waals surface area contributed by atoms with Crippen molar-refractivity contribution in [3.8, 4) is 0 Å². The van der Waals surface area contributed by atoms with Gasteiger partial charge in [-0.1, -0.05) is 6.07 Å². The van der Waals surface area contributed by atoms with E-state index in [0.717, 1.165) is 6.07 Å². The lowest BCUT2D eigenvalue weighted by molar-refractivity contribution is -0.384. The van der Waals surface area contributed by atoms with Crippen LogP contribution < -0.4 is 0 Å². The summed E-state index contributed by atoms with van der Waals surface area (Å²) in [6.45, 7) is -0.0266. The van der Waals surface area contributed by atoms with E-state index in [2.05, 4.69) is 4.74 Å². The van der Waals surface area contributed by atoms with Gasteiger partial charge < -0.3 is 4.74 Å². The van der Waals surface area contributed by atoms with Crippen molar-refractivity contribution in [2.75, 3.05) is 0 Å². The van der Waals surface area contributed by atoms with Crippen molar-refractivity contribution in [3.05, 3.63) is 39.9 Å². The minimum absolute atomic E-state index is 0.0266. The fourth-order valence-corrected chi connectivity index (χ4v) is 0.858. The van der Waals surface area contributed by atoms with Crippen LogP contribution in [-0.2, 0) is 9.53 Å². The predicted molar refractivity (Wildman–Crippen MR) is 44.6 cm³/mol. The van der Waals surface area contributed by atoms with Crippen LogP contribution in [0.2, 0.25) is 0 Å². The van der Waals surface area contributed by atoms with Gasteiger partial charge in [0.05, 0.1) is 10.5 Å². The molecule has 0 saturated heterocycles. The van der Waals surface area contributed by atoms with Gasteiger partial charge in [-0.15, -0.1) is 0 Å². The molecule has 0 unspecified atom stereocenters. The van der Waals surface area contributed by atoms with Crippen LogP contribution in [0.3, 0.4) is 0 Å². The van der Waals surface area contributed by atoms with Gasteiger partial charge >= 0.3 is 12.4 Å². The first-order valence-electron chi connectivity index (χ1n) is 3.54. The molecule has 1 aromatic carbocycles. The summed E-state index contributed by atoms with van der Waals surface area (Å²) in [6, 6.07) is 4.92. The summed E-state index contributed by atoms with van der Waals surface area (Å²) in [4.78, 5) is 30.5. The van der Waals surface area contributed by atoms with Crippen molar-refractivity contribution in [2.45, 2.75) is 0 Å². The molecule has 72 valence electrons. The van der Waals surface area contributed by atoms with Crippen LogP contribution in [0.15, 0.2) is 24.3 Å². The van der Waals surface area contributed by atoms with Crippen molar-refractivity contribution in [1.29, 1.82) is 0 Å². The molecule has 0 heterocycles. The maximum absolute atomic E-state index is 10.9. The van der Waals surface area contributed by atoms with Gasteiger partial charge in [0.1, 0.15) is 0 Å². The molecule has 1 aromatic rings. The SMILES string of the molecule is O=COC(=O)c1cccc([N+](=O)[O-])c1. The van der Waals surface area contributed by atoms with Gasteiger partial charge in [0.15, 0.2) is 0 Å². The van der Waals surface area contributed by atoms with E-state index in [1.54, 1.807) is 0 Å². The summed E-state index contributed by atoms with van der Waals surface area (Å²) in [5.41, 5.74) is -0.267. The molecular weight excluding hydrogens is 190 g/mol. The fourth-order valence-electron chi connectivity index (χ4n) is 0.858. The number of nitro benzene ring substituents is 1. The lowest BCUT2D eigenvalue weighted by Crippen LogP contribution is -2.03. The van der Waals surface area contributed by atoms with Crippen molar-refractivity contribution in [1.82, 2.24) is 0 Å². The van der Waals surface area contributed by atoms with Crippen LogP contribution >= 0.6 is 0 Å². The zero-order valence-electron chi connectivity index (χ0n) is 6.88. The Morgan fingerprint density at radius 2 is 2.21 bits per heavy atom. The third kappa shape index (κ3) is 2.13. The van der Waals surface area contributed by atoms with E-state index in [9.17, 15) is 19.7 Å². The lowest BCUT2D eigenvalue weighted by Gasteiger charge is -1.96. The number of hydrogen-bond acceptors (Lipinski definition) is 5. The summed E-state index contributed by atoms with van der Waals surface area (Å²) >= 11 is 0. The Labute approximate surface area is 78.3 Å². The van der Waals surface area contributed by atoms with E-state index >= 15 is 0 Å². The molecule has 0 radical (unpaired) electrons. The second kappa shape index (κ2) is 4.13. The number of rotatable bonds is 3. The Morgan fingerprint density at radius 1 is 1.50 bits per heavy atom. The zero-order valence-corrected chi connectivity index (χ0v) is 6.88. The maximum atomic E-state index is 10.9. The smallest absolute Gasteiger partial charge is 0.345 e. The summed E-state index contributed by atoms with van der Waals surface area (Å²) in [5, 5.41) is 10.3. The zero-order chi connectivity index (χ0) is 10.6. The molecule has 1 rings (SSSR count). The van der Waals surface area contributed by atoms with Crippen LogP contribution in [0.5, 0.6) is 0 Å². The highest BCUT2D eigenvalue weighted by Gasteiger charge is 2.11. The maximum Gasteiger partial charge on any atom is 0.345 e. The molecule has 0 spiro atoms. The Hall–Kier alpha value is -2.24. The number of carbonyl (C=O) groups excluding carboxylic acids is 2. The summed E-state index contributed by atoms with van der Waals surface area (Å²) in [6.07, 6.45) is 0. The van der Waals surface area contributed by atoms with E-state index in [1.165, 1.54) is 18.2 Å². The van der Waals surface area contributed by atoms with Gasteiger partial charge in [0.25, 0.3) is 5.69 Å². The average molecular weight is 195 g/mol. The molecule has 6 nitrogen and oxygen atoms in total. The van der Waals surface area contributed by atoms with Crippen molar-refractivity contribution in [2.24, 2.45) is 0 Å². The summed E-state index contributed by atoms with van der Waals surface area (Å²) < 4.78 is 4.02. The molecule has 0 aliphatic rings. The van der Waals surface area contributed by atoms with Crippen LogP contribution in [0.1, 0.15) is 10.4 Å². The minimum atomic E-state index is -0.913. The molecule has 0 aromatic heterocycles.